The fraction of sp³-hybridized carbons (Fsp3) is 0.182. The molecule has 0 fully saturated rings. The van der Waals surface area contributed by atoms with Crippen molar-refractivity contribution in [2.24, 2.45) is 0 Å². The second kappa shape index (κ2) is 5.66. The van der Waals surface area contributed by atoms with Gasteiger partial charge in [-0.2, -0.15) is 0 Å². The van der Waals surface area contributed by atoms with Crippen LogP contribution in [0.5, 0.6) is 0 Å². The minimum atomic E-state index is -0.288. The summed E-state index contributed by atoms with van der Waals surface area (Å²) in [6.07, 6.45) is 3.52. The molecule has 0 aliphatic rings. The molecule has 1 aromatic carbocycles. The van der Waals surface area contributed by atoms with E-state index in [1.807, 2.05) is 0 Å². The zero-order valence-corrected chi connectivity index (χ0v) is 9.84. The summed E-state index contributed by atoms with van der Waals surface area (Å²) >= 11 is 3.20. The zero-order chi connectivity index (χ0) is 11.3. The Morgan fingerprint density at radius 2 is 2.27 bits per heavy atom. The van der Waals surface area contributed by atoms with Crippen molar-refractivity contribution in [1.82, 2.24) is 5.32 Å². The van der Waals surface area contributed by atoms with Gasteiger partial charge in [-0.15, -0.1) is 0 Å². The molecule has 1 N–H and O–H groups in total. The molecule has 2 nitrogen and oxygen atoms in total. The molecule has 0 radical (unpaired) electrons. The second-order valence-corrected chi connectivity index (χ2v) is 3.96. The highest BCUT2D eigenvalue weighted by molar-refractivity contribution is 9.10. The van der Waals surface area contributed by atoms with Gasteiger partial charge < -0.3 is 5.32 Å². The smallest absolute Gasteiger partial charge is 0.217 e. The third-order valence-corrected chi connectivity index (χ3v) is 2.12. The second-order valence-electron chi connectivity index (χ2n) is 3.04. The monoisotopic (exact) mass is 271 g/mol. The van der Waals surface area contributed by atoms with Crippen LogP contribution in [0.1, 0.15) is 12.5 Å². The van der Waals surface area contributed by atoms with Gasteiger partial charge in [0.2, 0.25) is 5.91 Å². The molecule has 15 heavy (non-hydrogen) atoms. The standard InChI is InChI=1S/C11H11BrFNO/c1-8(15)14-4-2-3-9-5-10(12)7-11(13)6-9/h2-3,5-7H,4H2,1H3,(H,14,15). The Balaban J connectivity index is 2.60. The quantitative estimate of drug-likeness (QED) is 0.900. The van der Waals surface area contributed by atoms with Crippen LogP contribution in [-0.4, -0.2) is 12.5 Å². The Bertz CT molecular complexity index is 370. The number of hydrogen-bond acceptors (Lipinski definition) is 1. The number of nitrogens with one attached hydrogen (secondary N) is 1. The number of carbonyl (C=O) groups is 1. The van der Waals surface area contributed by atoms with Gasteiger partial charge in [0.25, 0.3) is 0 Å². The Labute approximate surface area is 96.3 Å². The Morgan fingerprint density at radius 1 is 1.53 bits per heavy atom. The van der Waals surface area contributed by atoms with Gasteiger partial charge in [-0.25, -0.2) is 4.39 Å². The highest BCUT2D eigenvalue weighted by Crippen LogP contribution is 2.15. The highest BCUT2D eigenvalue weighted by Gasteiger charge is 1.95. The topological polar surface area (TPSA) is 29.1 Å². The molecule has 1 aromatic rings. The van der Waals surface area contributed by atoms with Crippen molar-refractivity contribution in [3.63, 3.8) is 0 Å². The Kier molecular flexibility index (Phi) is 4.49. The normalized spacial score (nSPS) is 10.6. The SMILES string of the molecule is CC(=O)NCC=Cc1cc(F)cc(Br)c1. The van der Waals surface area contributed by atoms with Crippen molar-refractivity contribution >= 4 is 27.9 Å². The molecule has 0 aliphatic carbocycles. The summed E-state index contributed by atoms with van der Waals surface area (Å²) < 4.78 is 13.6. The first-order valence-electron chi connectivity index (χ1n) is 4.45. The first kappa shape index (κ1) is 11.9. The van der Waals surface area contributed by atoms with E-state index in [2.05, 4.69) is 21.2 Å². The first-order chi connectivity index (χ1) is 7.08. The summed E-state index contributed by atoms with van der Waals surface area (Å²) in [7, 11) is 0. The molecular formula is C11H11BrFNO. The summed E-state index contributed by atoms with van der Waals surface area (Å²) in [5.74, 6) is -0.372. The summed E-state index contributed by atoms with van der Waals surface area (Å²) in [5, 5.41) is 2.61. The van der Waals surface area contributed by atoms with Crippen LogP contribution < -0.4 is 5.32 Å². The minimum absolute atomic E-state index is 0.0833. The lowest BCUT2D eigenvalue weighted by atomic mass is 10.2. The van der Waals surface area contributed by atoms with Crippen molar-refractivity contribution in [1.29, 1.82) is 0 Å². The van der Waals surface area contributed by atoms with Gasteiger partial charge in [0.05, 0.1) is 0 Å². The van der Waals surface area contributed by atoms with E-state index in [0.29, 0.717) is 11.0 Å². The number of rotatable bonds is 3. The maximum atomic E-state index is 12.9. The maximum absolute atomic E-state index is 12.9. The third-order valence-electron chi connectivity index (χ3n) is 1.66. The number of carbonyl (C=O) groups excluding carboxylic acids is 1. The molecule has 0 saturated heterocycles. The van der Waals surface area contributed by atoms with Crippen molar-refractivity contribution in [3.05, 3.63) is 40.1 Å². The van der Waals surface area contributed by atoms with Gasteiger partial charge in [-0.05, 0) is 23.8 Å². The maximum Gasteiger partial charge on any atom is 0.217 e. The van der Waals surface area contributed by atoms with Crippen LogP contribution in [0.4, 0.5) is 4.39 Å². The molecule has 0 aliphatic heterocycles. The molecule has 0 bridgehead atoms. The van der Waals surface area contributed by atoms with Crippen LogP contribution in [0.2, 0.25) is 0 Å². The molecule has 4 heteroatoms. The van der Waals surface area contributed by atoms with Crippen LogP contribution in [0.15, 0.2) is 28.7 Å². The van der Waals surface area contributed by atoms with E-state index < -0.39 is 0 Å². The number of hydrogen-bond donors (Lipinski definition) is 1. The summed E-state index contributed by atoms with van der Waals surface area (Å²) in [6, 6.07) is 4.62. The molecule has 80 valence electrons. The molecular weight excluding hydrogens is 261 g/mol. The lowest BCUT2D eigenvalue weighted by Crippen LogP contribution is -2.19. The van der Waals surface area contributed by atoms with Crippen LogP contribution in [0.3, 0.4) is 0 Å². The molecule has 0 heterocycles. The summed E-state index contributed by atoms with van der Waals surface area (Å²) in [4.78, 5) is 10.6. The van der Waals surface area contributed by atoms with E-state index in [1.54, 1.807) is 18.2 Å². The van der Waals surface area contributed by atoms with Crippen molar-refractivity contribution in [3.8, 4) is 0 Å². The first-order valence-corrected chi connectivity index (χ1v) is 5.24. The molecule has 0 saturated carbocycles. The largest absolute Gasteiger partial charge is 0.353 e. The van der Waals surface area contributed by atoms with Crippen LogP contribution in [0, 0.1) is 5.82 Å². The number of halogens is 2. The zero-order valence-electron chi connectivity index (χ0n) is 8.26. The predicted octanol–water partition coefficient (Wildman–Crippen LogP) is 2.74. The molecule has 0 atom stereocenters. The van der Waals surface area contributed by atoms with Gasteiger partial charge in [0.15, 0.2) is 0 Å². The van der Waals surface area contributed by atoms with Gasteiger partial charge in [-0.1, -0.05) is 28.1 Å². The van der Waals surface area contributed by atoms with E-state index >= 15 is 0 Å². The summed E-state index contributed by atoms with van der Waals surface area (Å²) in [6.45, 7) is 1.90. The van der Waals surface area contributed by atoms with Crippen LogP contribution in [0.25, 0.3) is 6.08 Å². The highest BCUT2D eigenvalue weighted by atomic mass is 79.9. The average Bonchev–Trinajstić information content (AvgIpc) is 2.10. The predicted molar refractivity (Wildman–Crippen MR) is 61.8 cm³/mol. The Morgan fingerprint density at radius 3 is 2.87 bits per heavy atom. The third kappa shape index (κ3) is 4.74. The van der Waals surface area contributed by atoms with Crippen molar-refractivity contribution in [2.45, 2.75) is 6.92 Å². The fourth-order valence-corrected chi connectivity index (χ4v) is 1.55. The van der Waals surface area contributed by atoms with E-state index in [9.17, 15) is 9.18 Å². The van der Waals surface area contributed by atoms with Crippen molar-refractivity contribution in [2.75, 3.05) is 6.54 Å². The van der Waals surface area contributed by atoms with Gasteiger partial charge in [0.1, 0.15) is 5.82 Å². The van der Waals surface area contributed by atoms with Crippen LogP contribution in [-0.2, 0) is 4.79 Å². The number of amides is 1. The van der Waals surface area contributed by atoms with E-state index in [1.165, 1.54) is 19.1 Å². The van der Waals surface area contributed by atoms with Gasteiger partial charge in [-0.3, -0.25) is 4.79 Å². The lowest BCUT2D eigenvalue weighted by Gasteiger charge is -1.97. The number of benzene rings is 1. The fourth-order valence-electron chi connectivity index (χ4n) is 1.07. The van der Waals surface area contributed by atoms with Gasteiger partial charge in [0, 0.05) is 17.9 Å². The molecule has 0 aromatic heterocycles. The summed E-state index contributed by atoms with van der Waals surface area (Å²) in [5.41, 5.74) is 0.757. The molecule has 1 rings (SSSR count). The van der Waals surface area contributed by atoms with E-state index in [4.69, 9.17) is 0 Å². The minimum Gasteiger partial charge on any atom is -0.353 e. The lowest BCUT2D eigenvalue weighted by molar-refractivity contribution is -0.118. The van der Waals surface area contributed by atoms with E-state index in [0.717, 1.165) is 5.56 Å². The molecule has 1 amide bonds. The van der Waals surface area contributed by atoms with E-state index in [-0.39, 0.29) is 11.7 Å². The Hall–Kier alpha value is -1.16. The van der Waals surface area contributed by atoms with Crippen LogP contribution >= 0.6 is 15.9 Å². The molecule has 0 spiro atoms. The van der Waals surface area contributed by atoms with Crippen molar-refractivity contribution < 1.29 is 9.18 Å². The molecule has 0 unspecified atom stereocenters. The average molecular weight is 272 g/mol. The van der Waals surface area contributed by atoms with Gasteiger partial charge >= 0.3 is 0 Å².